The summed E-state index contributed by atoms with van der Waals surface area (Å²) in [6, 6.07) is 29.3. The number of hydrogen-bond donors (Lipinski definition) is 2. The zero-order valence-corrected chi connectivity index (χ0v) is 30.7. The van der Waals surface area contributed by atoms with Gasteiger partial charge >= 0.3 is 37.4 Å². The molecule has 0 aliphatic heterocycles. The maximum absolute atomic E-state index is 12.8. The van der Waals surface area contributed by atoms with Gasteiger partial charge in [0.2, 0.25) is 0 Å². The first kappa shape index (κ1) is 37.7. The van der Waals surface area contributed by atoms with E-state index < -0.39 is 7.82 Å². The van der Waals surface area contributed by atoms with E-state index in [2.05, 4.69) is 27.7 Å². The summed E-state index contributed by atoms with van der Waals surface area (Å²) < 4.78 is 23.4. The van der Waals surface area contributed by atoms with Crippen molar-refractivity contribution in [1.29, 1.82) is 0 Å². The number of phenolic OH excluding ortho intramolecular Hbond substituents is 2. The second-order valence-electron chi connectivity index (χ2n) is 11.8. The van der Waals surface area contributed by atoms with Crippen LogP contribution >= 0.6 is 7.82 Å². The second kappa shape index (κ2) is 18.0. The first-order valence-electron chi connectivity index (χ1n) is 16.1. The molecule has 0 aromatic heterocycles. The van der Waals surface area contributed by atoms with E-state index in [4.69, 9.17) is 9.05 Å². The Labute approximate surface area is 296 Å². The van der Waals surface area contributed by atoms with Gasteiger partial charge in [-0.05, 0) is 133 Å². The van der Waals surface area contributed by atoms with Crippen molar-refractivity contribution in [3.05, 3.63) is 119 Å². The summed E-state index contributed by atoms with van der Waals surface area (Å²) in [5.74, 6) is 2.25. The number of benzene rings is 4. The normalized spacial score (nSPS) is 15.1. The molecular weight excluding hydrogens is 606 g/mol. The van der Waals surface area contributed by atoms with Gasteiger partial charge in [-0.2, -0.15) is 0 Å². The van der Waals surface area contributed by atoms with Gasteiger partial charge in [0.25, 0.3) is 0 Å². The average molecular weight is 653 g/mol. The fourth-order valence-electron chi connectivity index (χ4n) is 6.21. The van der Waals surface area contributed by atoms with E-state index in [-0.39, 0.29) is 52.6 Å². The van der Waals surface area contributed by atoms with Crippen LogP contribution in [0.1, 0.15) is 112 Å². The monoisotopic (exact) mass is 652 g/mol. The van der Waals surface area contributed by atoms with E-state index in [1.54, 1.807) is 48.5 Å². The van der Waals surface area contributed by atoms with Crippen molar-refractivity contribution in [3.8, 4) is 23.0 Å². The zero-order valence-electron chi connectivity index (χ0n) is 27.8. The largest absolute Gasteiger partial charge is 1.00 e. The maximum Gasteiger partial charge on any atom is 1.00 e. The molecule has 4 atom stereocenters. The molecule has 0 saturated carbocycles. The van der Waals surface area contributed by atoms with Crippen LogP contribution in [0.5, 0.6) is 23.0 Å². The van der Waals surface area contributed by atoms with Gasteiger partial charge in [-0.1, -0.05) is 76.2 Å². The Bertz CT molecular complexity index is 1390. The first-order valence-corrected chi connectivity index (χ1v) is 17.6. The van der Waals surface area contributed by atoms with Gasteiger partial charge in [-0.3, -0.25) is 0 Å². The molecule has 240 valence electrons. The molecule has 4 rings (SSSR count). The fraction of sp³-hybridized carbons (Fsp3) is 0.368. The minimum atomic E-state index is -4.66. The SMILES string of the molecule is CCC(CC(CC)c1ccc(OP(=O)([O-])Oc2ccc(C(CC)CC(CC)c3ccc(O)cc3)cc2)cc1)c1ccc(O)cc1.[Na+]. The average Bonchev–Trinajstić information content (AvgIpc) is 3.04. The molecule has 0 amide bonds. The van der Waals surface area contributed by atoms with Crippen molar-refractivity contribution in [2.75, 3.05) is 0 Å². The predicted molar refractivity (Wildman–Crippen MR) is 179 cm³/mol. The minimum Gasteiger partial charge on any atom is -0.736 e. The Kier molecular flexibility index (Phi) is 14.7. The van der Waals surface area contributed by atoms with Crippen LogP contribution in [0, 0.1) is 0 Å². The Morgan fingerprint density at radius 3 is 1.00 bits per heavy atom. The van der Waals surface area contributed by atoms with E-state index in [9.17, 15) is 19.7 Å². The van der Waals surface area contributed by atoms with Crippen molar-refractivity contribution < 1.29 is 58.3 Å². The molecule has 0 saturated heterocycles. The molecule has 4 unspecified atom stereocenters. The number of phenols is 2. The molecule has 4 aromatic carbocycles. The molecule has 0 bridgehead atoms. The predicted octanol–water partition coefficient (Wildman–Crippen LogP) is 7.18. The van der Waals surface area contributed by atoms with Crippen LogP contribution in [0.25, 0.3) is 0 Å². The van der Waals surface area contributed by atoms with Crippen LogP contribution < -0.4 is 43.5 Å². The Hall–Kier alpha value is -2.73. The maximum atomic E-state index is 12.8. The van der Waals surface area contributed by atoms with Crippen molar-refractivity contribution in [3.63, 3.8) is 0 Å². The van der Waals surface area contributed by atoms with Gasteiger partial charge in [0.1, 0.15) is 23.0 Å². The summed E-state index contributed by atoms with van der Waals surface area (Å²) in [6.07, 6.45) is 5.76. The zero-order chi connectivity index (χ0) is 32.4. The van der Waals surface area contributed by atoms with Gasteiger partial charge in [-0.15, -0.1) is 0 Å². The summed E-state index contributed by atoms with van der Waals surface area (Å²) in [5, 5.41) is 19.3. The van der Waals surface area contributed by atoms with Crippen LogP contribution in [-0.2, 0) is 4.57 Å². The van der Waals surface area contributed by atoms with Crippen LogP contribution in [0.4, 0.5) is 0 Å². The molecule has 0 heterocycles. The van der Waals surface area contributed by atoms with E-state index in [0.29, 0.717) is 23.7 Å². The van der Waals surface area contributed by atoms with Crippen LogP contribution in [0.2, 0.25) is 0 Å². The third kappa shape index (κ3) is 10.7. The second-order valence-corrected chi connectivity index (χ2v) is 13.1. The molecular formula is C38H46NaO6P. The first-order chi connectivity index (χ1) is 21.6. The van der Waals surface area contributed by atoms with Crippen LogP contribution in [-0.4, -0.2) is 10.2 Å². The Balaban J connectivity index is 0.00000576. The molecule has 0 spiro atoms. The van der Waals surface area contributed by atoms with E-state index in [0.717, 1.165) is 49.7 Å². The summed E-state index contributed by atoms with van der Waals surface area (Å²) in [7, 11) is -4.66. The van der Waals surface area contributed by atoms with E-state index >= 15 is 0 Å². The topological polar surface area (TPSA) is 99.1 Å². The standard InChI is InChI=1S/C38H47O6P.Na/c1-5-27(31-9-17-35(39)18-10-31)25-29(7-3)33-13-21-37(22-14-33)43-45(41,42)44-38-23-15-34(16-24-38)30(8-4)26-28(6-2)32-11-19-36(40)20-12-32;/h9-24,27-30,39-40H,5-8,25-26H2,1-4H3,(H,41,42);/q;+1/p-1. The van der Waals surface area contributed by atoms with Gasteiger partial charge < -0.3 is 24.2 Å². The smallest absolute Gasteiger partial charge is 0.736 e. The van der Waals surface area contributed by atoms with Crippen molar-refractivity contribution in [2.24, 2.45) is 0 Å². The van der Waals surface area contributed by atoms with E-state index in [1.165, 1.54) is 11.1 Å². The number of hydrogen-bond acceptors (Lipinski definition) is 6. The molecule has 0 radical (unpaired) electrons. The summed E-state index contributed by atoms with van der Waals surface area (Å²) in [4.78, 5) is 12.8. The quantitative estimate of drug-likeness (QED) is 0.0983. The van der Waals surface area contributed by atoms with Gasteiger partial charge in [0.15, 0.2) is 0 Å². The fourth-order valence-corrected chi connectivity index (χ4v) is 7.01. The third-order valence-electron chi connectivity index (χ3n) is 8.98. The van der Waals surface area contributed by atoms with E-state index in [1.807, 2.05) is 48.5 Å². The van der Waals surface area contributed by atoms with Crippen molar-refractivity contribution in [2.45, 2.75) is 89.9 Å². The Morgan fingerprint density at radius 1 is 0.522 bits per heavy atom. The third-order valence-corrected chi connectivity index (χ3v) is 9.84. The molecule has 0 aliphatic carbocycles. The number of phosphoric ester groups is 1. The summed E-state index contributed by atoms with van der Waals surface area (Å²) >= 11 is 0. The molecule has 4 aromatic rings. The number of phosphoric acid groups is 1. The van der Waals surface area contributed by atoms with Gasteiger partial charge in [-0.25, -0.2) is 4.57 Å². The number of rotatable bonds is 16. The Morgan fingerprint density at radius 2 is 0.761 bits per heavy atom. The summed E-state index contributed by atoms with van der Waals surface area (Å²) in [6.45, 7) is 8.66. The molecule has 0 aliphatic rings. The molecule has 2 N–H and O–H groups in total. The molecule has 6 nitrogen and oxygen atoms in total. The van der Waals surface area contributed by atoms with Gasteiger partial charge in [0.05, 0.1) is 0 Å². The van der Waals surface area contributed by atoms with Crippen molar-refractivity contribution in [1.82, 2.24) is 0 Å². The van der Waals surface area contributed by atoms with Crippen LogP contribution in [0.15, 0.2) is 97.1 Å². The van der Waals surface area contributed by atoms with Crippen molar-refractivity contribution >= 4 is 7.82 Å². The molecule has 0 fully saturated rings. The van der Waals surface area contributed by atoms with Gasteiger partial charge in [0, 0.05) is 0 Å². The molecule has 46 heavy (non-hydrogen) atoms. The summed E-state index contributed by atoms with van der Waals surface area (Å²) in [5.41, 5.74) is 4.66. The number of aromatic hydroxyl groups is 2. The minimum absolute atomic E-state index is 0. The molecule has 8 heteroatoms. The van der Waals surface area contributed by atoms with Crippen LogP contribution in [0.3, 0.4) is 0 Å².